The topological polar surface area (TPSA) is 107 Å². The van der Waals surface area contributed by atoms with Crippen molar-refractivity contribution in [3.8, 4) is 0 Å². The molecule has 0 unspecified atom stereocenters. The molecule has 8 heteroatoms. The first-order valence-electron chi connectivity index (χ1n) is 14.4. The van der Waals surface area contributed by atoms with E-state index in [0.717, 1.165) is 56.4 Å². The van der Waals surface area contributed by atoms with Gasteiger partial charge in [0.2, 0.25) is 5.95 Å². The van der Waals surface area contributed by atoms with Gasteiger partial charge >= 0.3 is 11.9 Å². The Morgan fingerprint density at radius 3 is 1.58 bits per heavy atom. The van der Waals surface area contributed by atoms with E-state index in [2.05, 4.69) is 120 Å². The molecule has 1 fully saturated rings. The molecule has 0 bridgehead atoms. The summed E-state index contributed by atoms with van der Waals surface area (Å²) in [7, 11) is 0. The summed E-state index contributed by atoms with van der Waals surface area (Å²) in [5.74, 6) is -1.65. The molecular weight excluding hydrogens is 540 g/mol. The minimum atomic E-state index is -1.26. The highest BCUT2D eigenvalue weighted by atomic mass is 16.4. The van der Waals surface area contributed by atoms with E-state index in [4.69, 9.17) is 15.2 Å². The van der Waals surface area contributed by atoms with E-state index in [1.54, 1.807) is 0 Å². The number of anilines is 1. The number of benzene rings is 3. The summed E-state index contributed by atoms with van der Waals surface area (Å²) in [4.78, 5) is 33.3. The van der Waals surface area contributed by atoms with E-state index >= 15 is 0 Å². The molecule has 222 valence electrons. The monoisotopic (exact) mass is 578 g/mol. The van der Waals surface area contributed by atoms with Crippen molar-refractivity contribution >= 4 is 17.9 Å². The van der Waals surface area contributed by atoms with Gasteiger partial charge < -0.3 is 15.1 Å². The molecule has 43 heavy (non-hydrogen) atoms. The van der Waals surface area contributed by atoms with Gasteiger partial charge in [0.15, 0.2) is 0 Å². The number of hydrogen-bond donors (Lipinski definition) is 2. The molecule has 1 saturated heterocycles. The van der Waals surface area contributed by atoms with Crippen molar-refractivity contribution < 1.29 is 19.8 Å². The SMILES string of the molecule is Cc1cnc(N2CCN(CCC(c3ccccc3)(c3ccccc3)c3ccccc3)CC2)nc1C.O=C(O)/C=C/C(=O)O. The normalized spacial score (nSPS) is 13.8. The molecule has 8 nitrogen and oxygen atoms in total. The fourth-order valence-corrected chi connectivity index (χ4v) is 5.41. The van der Waals surface area contributed by atoms with Crippen LogP contribution in [0.15, 0.2) is 109 Å². The Bertz CT molecular complexity index is 1390. The number of carboxylic acids is 2. The van der Waals surface area contributed by atoms with Crippen LogP contribution >= 0.6 is 0 Å². The van der Waals surface area contributed by atoms with E-state index in [1.165, 1.54) is 16.7 Å². The highest BCUT2D eigenvalue weighted by molar-refractivity contribution is 5.89. The Morgan fingerprint density at radius 1 is 0.744 bits per heavy atom. The second-order valence-corrected chi connectivity index (χ2v) is 10.5. The fraction of sp³-hybridized carbons (Fsp3) is 0.257. The predicted molar refractivity (Wildman–Crippen MR) is 168 cm³/mol. The maximum absolute atomic E-state index is 9.55. The summed E-state index contributed by atoms with van der Waals surface area (Å²) in [6.07, 6.45) is 4.08. The maximum atomic E-state index is 9.55. The number of nitrogens with zero attached hydrogens (tertiary/aromatic N) is 4. The molecule has 0 spiro atoms. The van der Waals surface area contributed by atoms with Gasteiger partial charge in [0, 0.05) is 55.6 Å². The Hall–Kier alpha value is -4.82. The molecular formula is C35H38N4O4. The van der Waals surface area contributed by atoms with Crippen molar-refractivity contribution in [2.45, 2.75) is 25.7 Å². The zero-order valence-electron chi connectivity index (χ0n) is 24.6. The highest BCUT2D eigenvalue weighted by Crippen LogP contribution is 2.42. The lowest BCUT2D eigenvalue weighted by Gasteiger charge is -2.40. The van der Waals surface area contributed by atoms with Crippen LogP contribution in [0, 0.1) is 13.8 Å². The maximum Gasteiger partial charge on any atom is 0.328 e. The van der Waals surface area contributed by atoms with Gasteiger partial charge in [-0.25, -0.2) is 19.6 Å². The third-order valence-corrected chi connectivity index (χ3v) is 7.84. The number of hydrogen-bond acceptors (Lipinski definition) is 6. The van der Waals surface area contributed by atoms with Crippen LogP contribution in [-0.2, 0) is 15.0 Å². The smallest absolute Gasteiger partial charge is 0.328 e. The first kappa shape index (κ1) is 31.1. The van der Waals surface area contributed by atoms with Crippen LogP contribution in [0.3, 0.4) is 0 Å². The molecule has 0 radical (unpaired) electrons. The molecule has 0 saturated carbocycles. The Morgan fingerprint density at radius 2 is 1.19 bits per heavy atom. The molecule has 2 N–H and O–H groups in total. The van der Waals surface area contributed by atoms with Gasteiger partial charge in [-0.05, 0) is 49.1 Å². The minimum absolute atomic E-state index is 0.196. The van der Waals surface area contributed by atoms with Gasteiger partial charge in [0.05, 0.1) is 0 Å². The molecule has 3 aromatic carbocycles. The van der Waals surface area contributed by atoms with E-state index in [-0.39, 0.29) is 5.41 Å². The molecule has 1 aliphatic rings. The first-order valence-corrected chi connectivity index (χ1v) is 14.4. The van der Waals surface area contributed by atoms with Crippen molar-refractivity contribution in [2.24, 2.45) is 0 Å². The van der Waals surface area contributed by atoms with Crippen LogP contribution in [0.5, 0.6) is 0 Å². The van der Waals surface area contributed by atoms with E-state index in [1.807, 2.05) is 6.20 Å². The van der Waals surface area contributed by atoms with Crippen molar-refractivity contribution in [1.29, 1.82) is 0 Å². The molecule has 4 aromatic rings. The van der Waals surface area contributed by atoms with Crippen LogP contribution in [-0.4, -0.2) is 69.7 Å². The third-order valence-electron chi connectivity index (χ3n) is 7.84. The van der Waals surface area contributed by atoms with Gasteiger partial charge in [-0.3, -0.25) is 4.90 Å². The summed E-state index contributed by atoms with van der Waals surface area (Å²) >= 11 is 0. The number of aryl methyl sites for hydroxylation is 2. The van der Waals surface area contributed by atoms with Gasteiger partial charge in [-0.1, -0.05) is 91.0 Å². The lowest BCUT2D eigenvalue weighted by Crippen LogP contribution is -2.48. The van der Waals surface area contributed by atoms with Crippen LogP contribution in [0.2, 0.25) is 0 Å². The Balaban J connectivity index is 0.000000467. The van der Waals surface area contributed by atoms with E-state index in [0.29, 0.717) is 12.2 Å². The predicted octanol–water partition coefficient (Wildman–Crippen LogP) is 5.35. The van der Waals surface area contributed by atoms with Crippen LogP contribution in [0.25, 0.3) is 0 Å². The number of piperazine rings is 1. The molecule has 0 atom stereocenters. The lowest BCUT2D eigenvalue weighted by atomic mass is 9.67. The molecule has 1 aromatic heterocycles. The quantitative estimate of drug-likeness (QED) is 0.202. The molecule has 0 amide bonds. The lowest BCUT2D eigenvalue weighted by molar-refractivity contribution is -0.134. The van der Waals surface area contributed by atoms with Crippen LogP contribution in [0.1, 0.15) is 34.4 Å². The van der Waals surface area contributed by atoms with Crippen molar-refractivity contribution in [3.63, 3.8) is 0 Å². The zero-order valence-corrected chi connectivity index (χ0v) is 24.6. The first-order chi connectivity index (χ1) is 20.8. The zero-order chi connectivity index (χ0) is 30.7. The van der Waals surface area contributed by atoms with Crippen molar-refractivity contribution in [3.05, 3.63) is 137 Å². The summed E-state index contributed by atoms with van der Waals surface area (Å²) in [6.45, 7) is 9.10. The highest BCUT2D eigenvalue weighted by Gasteiger charge is 2.36. The molecule has 5 rings (SSSR count). The second-order valence-electron chi connectivity index (χ2n) is 10.5. The summed E-state index contributed by atoms with van der Waals surface area (Å²) in [5.41, 5.74) is 6.05. The average Bonchev–Trinajstić information content (AvgIpc) is 3.04. The van der Waals surface area contributed by atoms with Gasteiger partial charge in [0.25, 0.3) is 0 Å². The number of rotatable bonds is 9. The summed E-state index contributed by atoms with van der Waals surface area (Å²) in [6, 6.07) is 33.0. The summed E-state index contributed by atoms with van der Waals surface area (Å²) < 4.78 is 0. The largest absolute Gasteiger partial charge is 0.478 e. The fourth-order valence-electron chi connectivity index (χ4n) is 5.41. The Kier molecular flexibility index (Phi) is 10.8. The Labute approximate surface area is 253 Å². The van der Waals surface area contributed by atoms with E-state index < -0.39 is 11.9 Å². The van der Waals surface area contributed by atoms with Crippen molar-refractivity contribution in [2.75, 3.05) is 37.6 Å². The standard InChI is InChI=1S/C31H34N4.C4H4O4/c1-25-24-32-30(33-26(25)2)35-22-20-34(21-23-35)19-18-31(27-12-6-3-7-13-27,28-14-8-4-9-15-28)29-16-10-5-11-17-29;5-3(6)1-2-4(7)8/h3-17,24H,18-23H2,1-2H3;1-2H,(H,5,6)(H,7,8)/b;2-1+. The molecule has 2 heterocycles. The second kappa shape index (κ2) is 14.9. The number of aromatic nitrogens is 2. The number of carboxylic acid groups (broad SMARTS) is 2. The molecule has 1 aliphatic heterocycles. The minimum Gasteiger partial charge on any atom is -0.478 e. The molecule has 0 aliphatic carbocycles. The average molecular weight is 579 g/mol. The van der Waals surface area contributed by atoms with E-state index in [9.17, 15) is 9.59 Å². The van der Waals surface area contributed by atoms with Gasteiger partial charge in [-0.2, -0.15) is 0 Å². The number of carbonyl (C=O) groups is 2. The number of aliphatic carboxylic acids is 2. The van der Waals surface area contributed by atoms with Gasteiger partial charge in [0.1, 0.15) is 0 Å². The van der Waals surface area contributed by atoms with Gasteiger partial charge in [-0.15, -0.1) is 0 Å². The van der Waals surface area contributed by atoms with Crippen LogP contribution in [0.4, 0.5) is 5.95 Å². The van der Waals surface area contributed by atoms with Crippen LogP contribution < -0.4 is 4.90 Å². The third kappa shape index (κ3) is 8.14. The summed E-state index contributed by atoms with van der Waals surface area (Å²) in [5, 5.41) is 15.6. The van der Waals surface area contributed by atoms with Crippen molar-refractivity contribution in [1.82, 2.24) is 14.9 Å².